The Hall–Kier alpha value is -2.74. The number of nitrogens with two attached hydrogens (primary N) is 1. The van der Waals surface area contributed by atoms with E-state index in [2.05, 4.69) is 26.1 Å². The number of benzene rings is 1. The third kappa shape index (κ3) is 4.49. The summed E-state index contributed by atoms with van der Waals surface area (Å²) < 4.78 is 16.0. The summed E-state index contributed by atoms with van der Waals surface area (Å²) in [6.07, 6.45) is 2.66. The van der Waals surface area contributed by atoms with Crippen LogP contribution in [0.4, 0.5) is 5.00 Å². The van der Waals surface area contributed by atoms with Crippen LogP contribution >= 0.6 is 11.3 Å². The van der Waals surface area contributed by atoms with E-state index in [0.717, 1.165) is 29.7 Å². The Morgan fingerprint density at radius 3 is 2.19 bits per heavy atom. The number of fused-ring (bicyclic) bond motifs is 1. The number of ether oxygens (including phenoxy) is 3. The molecular formula is C23H30N2O5S. The molecule has 1 aliphatic carbocycles. The Kier molecular flexibility index (Phi) is 6.50. The lowest BCUT2D eigenvalue weighted by Crippen LogP contribution is -2.27. The molecule has 0 radical (unpaired) electrons. The van der Waals surface area contributed by atoms with E-state index in [-0.39, 0.29) is 11.3 Å². The second-order valence-electron chi connectivity index (χ2n) is 8.75. The van der Waals surface area contributed by atoms with Crippen LogP contribution in [-0.2, 0) is 12.8 Å². The molecule has 0 fully saturated rings. The van der Waals surface area contributed by atoms with Crippen molar-refractivity contribution in [1.29, 1.82) is 0 Å². The van der Waals surface area contributed by atoms with Crippen molar-refractivity contribution in [2.45, 2.75) is 40.0 Å². The van der Waals surface area contributed by atoms with Gasteiger partial charge in [0.25, 0.3) is 11.8 Å². The van der Waals surface area contributed by atoms with E-state index < -0.39 is 5.91 Å². The van der Waals surface area contributed by atoms with Gasteiger partial charge in [0.15, 0.2) is 11.5 Å². The Labute approximate surface area is 186 Å². The quantitative estimate of drug-likeness (QED) is 0.690. The van der Waals surface area contributed by atoms with Crippen LogP contribution in [0.5, 0.6) is 17.2 Å². The van der Waals surface area contributed by atoms with Crippen molar-refractivity contribution in [3.8, 4) is 17.2 Å². The maximum atomic E-state index is 13.1. The van der Waals surface area contributed by atoms with Gasteiger partial charge in [-0.25, -0.2) is 0 Å². The van der Waals surface area contributed by atoms with Gasteiger partial charge < -0.3 is 25.3 Å². The zero-order valence-corrected chi connectivity index (χ0v) is 19.7. The molecule has 1 heterocycles. The molecule has 7 nitrogen and oxygen atoms in total. The molecule has 3 rings (SSSR count). The number of amides is 2. The van der Waals surface area contributed by atoms with E-state index in [1.165, 1.54) is 32.7 Å². The molecule has 0 unspecified atom stereocenters. The second kappa shape index (κ2) is 8.78. The van der Waals surface area contributed by atoms with Gasteiger partial charge in [0, 0.05) is 10.4 Å². The highest BCUT2D eigenvalue weighted by Crippen LogP contribution is 2.44. The van der Waals surface area contributed by atoms with E-state index in [4.69, 9.17) is 19.9 Å². The molecule has 3 N–H and O–H groups in total. The first-order valence-electron chi connectivity index (χ1n) is 10.2. The van der Waals surface area contributed by atoms with Crippen LogP contribution in [0.2, 0.25) is 0 Å². The predicted molar refractivity (Wildman–Crippen MR) is 122 cm³/mol. The molecule has 0 aliphatic heterocycles. The molecule has 2 amide bonds. The summed E-state index contributed by atoms with van der Waals surface area (Å²) in [6.45, 7) is 6.70. The van der Waals surface area contributed by atoms with Crippen LogP contribution in [0.25, 0.3) is 0 Å². The van der Waals surface area contributed by atoms with Crippen molar-refractivity contribution in [3.05, 3.63) is 33.7 Å². The first kappa shape index (κ1) is 22.9. The second-order valence-corrected chi connectivity index (χ2v) is 9.85. The number of rotatable bonds is 6. The van der Waals surface area contributed by atoms with Gasteiger partial charge in [-0.3, -0.25) is 9.59 Å². The highest BCUT2D eigenvalue weighted by molar-refractivity contribution is 7.17. The Balaban J connectivity index is 1.96. The van der Waals surface area contributed by atoms with E-state index in [1.54, 1.807) is 12.1 Å². The molecular weight excluding hydrogens is 416 g/mol. The van der Waals surface area contributed by atoms with Crippen molar-refractivity contribution < 1.29 is 23.8 Å². The normalized spacial score (nSPS) is 15.7. The van der Waals surface area contributed by atoms with Crippen LogP contribution in [0, 0.1) is 11.3 Å². The van der Waals surface area contributed by atoms with Crippen molar-refractivity contribution in [1.82, 2.24) is 0 Å². The summed E-state index contributed by atoms with van der Waals surface area (Å²) in [5.41, 5.74) is 7.60. The molecule has 1 aromatic carbocycles. The molecule has 0 saturated carbocycles. The van der Waals surface area contributed by atoms with Gasteiger partial charge in [-0.15, -0.1) is 11.3 Å². The third-order valence-electron chi connectivity index (χ3n) is 5.89. The molecule has 0 bridgehead atoms. The number of methoxy groups -OCH3 is 3. The first-order chi connectivity index (χ1) is 14.6. The number of hydrogen-bond donors (Lipinski definition) is 2. The zero-order chi connectivity index (χ0) is 22.9. The fourth-order valence-electron chi connectivity index (χ4n) is 4.06. The van der Waals surface area contributed by atoms with Gasteiger partial charge in [0.1, 0.15) is 5.00 Å². The SMILES string of the molecule is COc1cc(C(=O)Nc2sc3c(c2C(N)=O)CC[C@H](C(C)(C)C)C3)cc(OC)c1OC. The van der Waals surface area contributed by atoms with E-state index in [0.29, 0.717) is 39.3 Å². The lowest BCUT2D eigenvalue weighted by molar-refractivity contribution is 0.1000. The Morgan fingerprint density at radius 1 is 1.10 bits per heavy atom. The average molecular weight is 447 g/mol. The van der Waals surface area contributed by atoms with Gasteiger partial charge in [-0.2, -0.15) is 0 Å². The number of primary amides is 1. The van der Waals surface area contributed by atoms with Crippen molar-refractivity contribution in [2.75, 3.05) is 26.6 Å². The van der Waals surface area contributed by atoms with Crippen LogP contribution < -0.4 is 25.3 Å². The third-order valence-corrected chi connectivity index (χ3v) is 7.06. The summed E-state index contributed by atoms with van der Waals surface area (Å²) in [4.78, 5) is 26.4. The highest BCUT2D eigenvalue weighted by atomic mass is 32.1. The summed E-state index contributed by atoms with van der Waals surface area (Å²) in [5.74, 6) is 0.762. The van der Waals surface area contributed by atoms with Crippen molar-refractivity contribution in [2.24, 2.45) is 17.1 Å². The average Bonchev–Trinajstić information content (AvgIpc) is 3.08. The van der Waals surface area contributed by atoms with Crippen LogP contribution in [0.15, 0.2) is 12.1 Å². The number of carbonyl (C=O) groups is 2. The fourth-order valence-corrected chi connectivity index (χ4v) is 5.39. The number of carbonyl (C=O) groups excluding carboxylic acids is 2. The van der Waals surface area contributed by atoms with Crippen LogP contribution in [0.3, 0.4) is 0 Å². The van der Waals surface area contributed by atoms with E-state index >= 15 is 0 Å². The predicted octanol–water partition coefficient (Wildman–Crippen LogP) is 4.28. The van der Waals surface area contributed by atoms with Gasteiger partial charge >= 0.3 is 0 Å². The molecule has 1 aromatic heterocycles. The maximum Gasteiger partial charge on any atom is 0.256 e. The number of hydrogen-bond acceptors (Lipinski definition) is 6. The minimum atomic E-state index is -0.521. The fraction of sp³-hybridized carbons (Fsp3) is 0.478. The maximum absolute atomic E-state index is 13.1. The van der Waals surface area contributed by atoms with E-state index in [1.807, 2.05) is 0 Å². The van der Waals surface area contributed by atoms with Gasteiger partial charge in [-0.05, 0) is 48.3 Å². The summed E-state index contributed by atoms with van der Waals surface area (Å²) in [6, 6.07) is 3.15. The first-order valence-corrected chi connectivity index (χ1v) is 11.0. The molecule has 168 valence electrons. The Bertz CT molecular complexity index is 981. The molecule has 31 heavy (non-hydrogen) atoms. The molecule has 8 heteroatoms. The lowest BCUT2D eigenvalue weighted by atomic mass is 9.72. The van der Waals surface area contributed by atoms with Gasteiger partial charge in [-0.1, -0.05) is 20.8 Å². The molecule has 0 spiro atoms. The van der Waals surface area contributed by atoms with E-state index in [9.17, 15) is 9.59 Å². The Morgan fingerprint density at radius 2 is 1.71 bits per heavy atom. The lowest BCUT2D eigenvalue weighted by Gasteiger charge is -2.33. The van der Waals surface area contributed by atoms with Crippen molar-refractivity contribution >= 4 is 28.2 Å². The van der Waals surface area contributed by atoms with Crippen molar-refractivity contribution in [3.63, 3.8) is 0 Å². The van der Waals surface area contributed by atoms with Crippen LogP contribution in [0.1, 0.15) is 58.3 Å². The molecule has 1 aliphatic rings. The standard InChI is InChI=1S/C23H30N2O5S/c1-23(2,3)13-7-8-14-17(11-13)31-22(18(14)20(24)26)25-21(27)12-9-15(28-4)19(30-6)16(10-12)29-5/h9-10,13H,7-8,11H2,1-6H3,(H2,24,26)(H,25,27)/t13-/m0/s1. The molecule has 1 atom stereocenters. The number of nitrogens with one attached hydrogen (secondary N) is 1. The summed E-state index contributed by atoms with van der Waals surface area (Å²) in [5, 5.41) is 3.38. The minimum absolute atomic E-state index is 0.175. The smallest absolute Gasteiger partial charge is 0.256 e. The number of anilines is 1. The zero-order valence-electron chi connectivity index (χ0n) is 18.9. The molecule has 0 saturated heterocycles. The molecule has 2 aromatic rings. The number of thiophene rings is 1. The summed E-state index contributed by atoms with van der Waals surface area (Å²) >= 11 is 1.44. The highest BCUT2D eigenvalue weighted by Gasteiger charge is 2.33. The summed E-state index contributed by atoms with van der Waals surface area (Å²) in [7, 11) is 4.48. The monoisotopic (exact) mass is 446 g/mol. The topological polar surface area (TPSA) is 99.9 Å². The largest absolute Gasteiger partial charge is 0.493 e. The minimum Gasteiger partial charge on any atom is -0.493 e. The van der Waals surface area contributed by atoms with Gasteiger partial charge in [0.05, 0.1) is 26.9 Å². The van der Waals surface area contributed by atoms with Gasteiger partial charge in [0.2, 0.25) is 5.75 Å². The van der Waals surface area contributed by atoms with Crippen LogP contribution in [-0.4, -0.2) is 33.1 Å².